The van der Waals surface area contributed by atoms with Crippen molar-refractivity contribution in [2.75, 3.05) is 12.8 Å². The van der Waals surface area contributed by atoms with Gasteiger partial charge in [-0.2, -0.15) is 0 Å². The van der Waals surface area contributed by atoms with Crippen LogP contribution in [0.15, 0.2) is 89.3 Å². The Balaban J connectivity index is 1.67. The molecule has 1 aliphatic rings. The van der Waals surface area contributed by atoms with E-state index in [1.807, 2.05) is 24.3 Å². The van der Waals surface area contributed by atoms with Crippen LogP contribution in [0.25, 0.3) is 5.57 Å². The minimum Gasteiger partial charge on any atom is -0.306 e. The molecule has 1 atom stereocenters. The second-order valence-corrected chi connectivity index (χ2v) is 8.19. The van der Waals surface area contributed by atoms with Crippen molar-refractivity contribution < 1.29 is 4.79 Å². The second kappa shape index (κ2) is 8.81. The van der Waals surface area contributed by atoms with Crippen molar-refractivity contribution in [3.63, 3.8) is 0 Å². The van der Waals surface area contributed by atoms with Crippen LogP contribution < -0.4 is 5.32 Å². The molecule has 3 aromatic rings. The fourth-order valence-corrected chi connectivity index (χ4v) is 4.50. The molecule has 0 aliphatic heterocycles. The van der Waals surface area contributed by atoms with Gasteiger partial charge in [-0.15, -0.1) is 11.8 Å². The molecule has 2 nitrogen and oxygen atoms in total. The number of nitrogens with one attached hydrogen (secondary N) is 1. The summed E-state index contributed by atoms with van der Waals surface area (Å²) in [5.74, 6) is 0.143. The molecule has 4 rings (SSSR count). The molecular weight excluding hydrogens is 374 g/mol. The number of carbonyl (C=O) groups excluding carboxylic acids is 1. The van der Waals surface area contributed by atoms with E-state index in [1.54, 1.807) is 11.8 Å². The summed E-state index contributed by atoms with van der Waals surface area (Å²) in [6.07, 6.45) is 3.01. The monoisotopic (exact) mass is 399 g/mol. The lowest BCUT2D eigenvalue weighted by atomic mass is 9.94. The Morgan fingerprint density at radius 1 is 0.897 bits per heavy atom. The molecule has 0 bridgehead atoms. The molecule has 29 heavy (non-hydrogen) atoms. The molecule has 0 fully saturated rings. The molecule has 3 aromatic carbocycles. The van der Waals surface area contributed by atoms with Gasteiger partial charge in [-0.25, -0.2) is 0 Å². The summed E-state index contributed by atoms with van der Waals surface area (Å²) in [6.45, 7) is 2.88. The normalized spacial score (nSPS) is 14.2. The maximum atomic E-state index is 13.3. The van der Waals surface area contributed by atoms with Gasteiger partial charge in [0.1, 0.15) is 0 Å². The van der Waals surface area contributed by atoms with Gasteiger partial charge >= 0.3 is 0 Å². The van der Waals surface area contributed by atoms with Gasteiger partial charge in [0.05, 0.1) is 6.04 Å². The lowest BCUT2D eigenvalue weighted by Crippen LogP contribution is -2.27. The summed E-state index contributed by atoms with van der Waals surface area (Å²) >= 11 is 1.72. The van der Waals surface area contributed by atoms with Gasteiger partial charge in [-0.3, -0.25) is 4.79 Å². The predicted molar refractivity (Wildman–Crippen MR) is 122 cm³/mol. The molecule has 1 unspecified atom stereocenters. The van der Waals surface area contributed by atoms with Crippen molar-refractivity contribution in [3.8, 4) is 0 Å². The number of carbonyl (C=O) groups is 1. The Morgan fingerprint density at radius 3 is 2.34 bits per heavy atom. The Kier molecular flexibility index (Phi) is 5.98. The maximum Gasteiger partial charge on any atom is 0.191 e. The Bertz CT molecular complexity index is 1060. The van der Waals surface area contributed by atoms with E-state index in [0.29, 0.717) is 0 Å². The fourth-order valence-electron chi connectivity index (χ4n) is 4.03. The van der Waals surface area contributed by atoms with Crippen molar-refractivity contribution in [2.24, 2.45) is 0 Å². The summed E-state index contributed by atoms with van der Waals surface area (Å²) in [5.41, 5.74) is 6.26. The molecule has 146 valence electrons. The lowest BCUT2D eigenvalue weighted by Gasteiger charge is -2.22. The molecule has 0 spiro atoms. The Hall–Kier alpha value is -2.62. The van der Waals surface area contributed by atoms with E-state index in [9.17, 15) is 4.79 Å². The molecule has 0 saturated carbocycles. The van der Waals surface area contributed by atoms with Gasteiger partial charge in [0.2, 0.25) is 0 Å². The predicted octanol–water partition coefficient (Wildman–Crippen LogP) is 5.95. The standard InChI is InChI=1S/C26H25NOS/c1-18-22-13-6-7-14-23(22)26(28)24(18)25(20-11-8-12-21(17-20)29-2)27-16-15-19-9-4-3-5-10-19/h3-14,17,25,27H,15-16H2,1-2H3. The largest absolute Gasteiger partial charge is 0.306 e. The number of Topliss-reactive ketones (excluding diaryl/α,β-unsaturated/α-hetero) is 1. The van der Waals surface area contributed by atoms with Crippen LogP contribution in [0.3, 0.4) is 0 Å². The first-order chi connectivity index (χ1) is 14.2. The zero-order valence-electron chi connectivity index (χ0n) is 16.8. The molecular formula is C26H25NOS. The number of benzene rings is 3. The Morgan fingerprint density at radius 2 is 1.62 bits per heavy atom. The second-order valence-electron chi connectivity index (χ2n) is 7.31. The molecule has 1 aliphatic carbocycles. The highest BCUT2D eigenvalue weighted by atomic mass is 32.2. The lowest BCUT2D eigenvalue weighted by molar-refractivity contribution is 0.103. The van der Waals surface area contributed by atoms with E-state index in [4.69, 9.17) is 0 Å². The van der Waals surface area contributed by atoms with Crippen molar-refractivity contribution in [3.05, 3.63) is 107 Å². The van der Waals surface area contributed by atoms with E-state index < -0.39 is 0 Å². The van der Waals surface area contributed by atoms with Crippen LogP contribution in [-0.2, 0) is 6.42 Å². The zero-order chi connectivity index (χ0) is 20.2. The van der Waals surface area contributed by atoms with Crippen LogP contribution in [0.2, 0.25) is 0 Å². The number of fused-ring (bicyclic) bond motifs is 1. The van der Waals surface area contributed by atoms with Crippen molar-refractivity contribution in [1.82, 2.24) is 5.32 Å². The molecule has 0 radical (unpaired) electrons. The number of allylic oxidation sites excluding steroid dienone is 1. The topological polar surface area (TPSA) is 29.1 Å². The number of hydrogen-bond donors (Lipinski definition) is 1. The smallest absolute Gasteiger partial charge is 0.191 e. The minimum absolute atomic E-state index is 0.120. The molecule has 0 aromatic heterocycles. The third-order valence-corrected chi connectivity index (χ3v) is 6.27. The van der Waals surface area contributed by atoms with Crippen LogP contribution in [0.4, 0.5) is 0 Å². The number of thioether (sulfide) groups is 1. The average molecular weight is 400 g/mol. The first kappa shape index (κ1) is 19.7. The summed E-state index contributed by atoms with van der Waals surface area (Å²) in [7, 11) is 0. The van der Waals surface area contributed by atoms with E-state index in [0.717, 1.165) is 40.8 Å². The molecule has 0 amide bonds. The molecule has 1 N–H and O–H groups in total. The van der Waals surface area contributed by atoms with Crippen LogP contribution in [0.1, 0.15) is 40.0 Å². The Labute approximate surface area is 177 Å². The van der Waals surface area contributed by atoms with Gasteiger partial charge in [-0.1, -0.05) is 66.7 Å². The zero-order valence-corrected chi connectivity index (χ0v) is 17.6. The van der Waals surface area contributed by atoms with Gasteiger partial charge in [0.25, 0.3) is 0 Å². The highest BCUT2D eigenvalue weighted by molar-refractivity contribution is 7.98. The minimum atomic E-state index is -0.120. The van der Waals surface area contributed by atoms with E-state index in [1.165, 1.54) is 10.5 Å². The van der Waals surface area contributed by atoms with E-state index in [-0.39, 0.29) is 11.8 Å². The summed E-state index contributed by atoms with van der Waals surface area (Å²) in [5, 5.41) is 3.69. The van der Waals surface area contributed by atoms with Gasteiger partial charge in [0.15, 0.2) is 5.78 Å². The van der Waals surface area contributed by atoms with Crippen LogP contribution in [-0.4, -0.2) is 18.6 Å². The van der Waals surface area contributed by atoms with Crippen LogP contribution >= 0.6 is 11.8 Å². The third kappa shape index (κ3) is 4.07. The number of hydrogen-bond acceptors (Lipinski definition) is 3. The van der Waals surface area contributed by atoms with Gasteiger partial charge < -0.3 is 5.32 Å². The third-order valence-electron chi connectivity index (χ3n) is 5.55. The SMILES string of the molecule is CSc1cccc(C(NCCc2ccccc2)C2=C(C)c3ccccc3C2=O)c1. The number of rotatable bonds is 7. The van der Waals surface area contributed by atoms with Crippen molar-refractivity contribution in [1.29, 1.82) is 0 Å². The van der Waals surface area contributed by atoms with E-state index >= 15 is 0 Å². The summed E-state index contributed by atoms with van der Waals surface area (Å²) < 4.78 is 0. The molecule has 3 heteroatoms. The van der Waals surface area contributed by atoms with Crippen LogP contribution in [0.5, 0.6) is 0 Å². The number of ketones is 1. The quantitative estimate of drug-likeness (QED) is 0.498. The highest BCUT2D eigenvalue weighted by Crippen LogP contribution is 2.39. The van der Waals surface area contributed by atoms with Gasteiger partial charge in [-0.05, 0) is 54.0 Å². The maximum absolute atomic E-state index is 13.3. The first-order valence-electron chi connectivity index (χ1n) is 9.95. The average Bonchev–Trinajstić information content (AvgIpc) is 3.03. The van der Waals surface area contributed by atoms with Crippen molar-refractivity contribution >= 4 is 23.1 Å². The highest BCUT2D eigenvalue weighted by Gasteiger charge is 2.32. The van der Waals surface area contributed by atoms with Gasteiger partial charge in [0, 0.05) is 22.6 Å². The van der Waals surface area contributed by atoms with Crippen LogP contribution in [0, 0.1) is 0 Å². The molecule has 0 heterocycles. The molecule has 0 saturated heterocycles. The summed E-state index contributed by atoms with van der Waals surface area (Å²) in [6, 6.07) is 26.8. The fraction of sp³-hybridized carbons (Fsp3) is 0.192. The summed E-state index contributed by atoms with van der Waals surface area (Å²) in [4.78, 5) is 14.5. The first-order valence-corrected chi connectivity index (χ1v) is 11.2. The van der Waals surface area contributed by atoms with E-state index in [2.05, 4.69) is 73.1 Å². The van der Waals surface area contributed by atoms with Crippen molar-refractivity contribution in [2.45, 2.75) is 24.3 Å².